The molecule has 0 aromatic carbocycles. The van der Waals surface area contributed by atoms with Crippen LogP contribution >= 0.6 is 0 Å². The molecular weight excluding hydrogens is 240 g/mol. The molecule has 0 saturated heterocycles. The van der Waals surface area contributed by atoms with E-state index in [0.717, 1.165) is 12.1 Å². The summed E-state index contributed by atoms with van der Waals surface area (Å²) in [6.45, 7) is 9.35. The average molecular weight is 266 g/mol. The molecule has 0 aliphatic heterocycles. The van der Waals surface area contributed by atoms with E-state index in [2.05, 4.69) is 38.0 Å². The Morgan fingerprint density at radius 2 is 2.11 bits per heavy atom. The van der Waals surface area contributed by atoms with Crippen molar-refractivity contribution in [3.05, 3.63) is 12.0 Å². The Bertz CT molecular complexity index is 395. The van der Waals surface area contributed by atoms with Gasteiger partial charge in [-0.05, 0) is 46.0 Å². The van der Waals surface area contributed by atoms with Gasteiger partial charge in [0, 0.05) is 12.1 Å². The molecule has 1 N–H and O–H groups in total. The fourth-order valence-electron chi connectivity index (χ4n) is 2.37. The number of ether oxygens (including phenoxy) is 1. The van der Waals surface area contributed by atoms with Crippen molar-refractivity contribution in [1.82, 2.24) is 10.3 Å². The van der Waals surface area contributed by atoms with E-state index in [4.69, 9.17) is 9.15 Å². The molecular formula is C15H26N2O2. The van der Waals surface area contributed by atoms with Gasteiger partial charge in [0.25, 0.3) is 0 Å². The van der Waals surface area contributed by atoms with Gasteiger partial charge in [-0.3, -0.25) is 0 Å². The quantitative estimate of drug-likeness (QED) is 0.905. The van der Waals surface area contributed by atoms with Gasteiger partial charge in [-0.15, -0.1) is 0 Å². The van der Waals surface area contributed by atoms with Gasteiger partial charge in [0.2, 0.25) is 0 Å². The normalized spacial score (nSPS) is 24.4. The van der Waals surface area contributed by atoms with Crippen LogP contribution in [0.3, 0.4) is 0 Å². The summed E-state index contributed by atoms with van der Waals surface area (Å²) in [4.78, 5) is 4.39. The van der Waals surface area contributed by atoms with Gasteiger partial charge in [-0.2, -0.15) is 4.98 Å². The predicted octanol–water partition coefficient (Wildman–Crippen LogP) is 3.52. The summed E-state index contributed by atoms with van der Waals surface area (Å²) in [5.41, 5.74) is 0.978. The maximum absolute atomic E-state index is 5.87. The second kappa shape index (κ2) is 5.95. The first-order valence-corrected chi connectivity index (χ1v) is 7.30. The Labute approximate surface area is 115 Å². The fraction of sp³-hybridized carbons (Fsp3) is 0.800. The first-order valence-electron chi connectivity index (χ1n) is 7.30. The average Bonchev–Trinajstić information content (AvgIpc) is 2.77. The van der Waals surface area contributed by atoms with Crippen LogP contribution in [-0.2, 0) is 6.54 Å². The highest BCUT2D eigenvalue weighted by Crippen LogP contribution is 2.27. The van der Waals surface area contributed by atoms with Gasteiger partial charge < -0.3 is 14.5 Å². The summed E-state index contributed by atoms with van der Waals surface area (Å²) < 4.78 is 11.3. The van der Waals surface area contributed by atoms with Crippen molar-refractivity contribution in [3.8, 4) is 6.08 Å². The van der Waals surface area contributed by atoms with Gasteiger partial charge in [0.05, 0.1) is 5.69 Å². The van der Waals surface area contributed by atoms with Crippen LogP contribution in [0.2, 0.25) is 0 Å². The van der Waals surface area contributed by atoms with Crippen LogP contribution in [0.4, 0.5) is 0 Å². The SMILES string of the molecule is CC1CCCCC1Oc1nc(CNC(C)(C)C)co1. The van der Waals surface area contributed by atoms with Crippen molar-refractivity contribution in [1.29, 1.82) is 0 Å². The van der Waals surface area contributed by atoms with Crippen LogP contribution < -0.4 is 10.1 Å². The molecule has 1 fully saturated rings. The molecule has 0 radical (unpaired) electrons. The fourth-order valence-corrected chi connectivity index (χ4v) is 2.37. The van der Waals surface area contributed by atoms with Crippen molar-refractivity contribution >= 4 is 0 Å². The number of nitrogens with one attached hydrogen (secondary N) is 1. The molecule has 1 saturated carbocycles. The molecule has 0 amide bonds. The predicted molar refractivity (Wildman–Crippen MR) is 75.1 cm³/mol. The van der Waals surface area contributed by atoms with Crippen LogP contribution in [-0.4, -0.2) is 16.6 Å². The minimum atomic E-state index is 0.0812. The van der Waals surface area contributed by atoms with E-state index in [-0.39, 0.29) is 11.6 Å². The molecule has 0 spiro atoms. The molecule has 2 atom stereocenters. The van der Waals surface area contributed by atoms with Gasteiger partial charge in [-0.25, -0.2) is 0 Å². The van der Waals surface area contributed by atoms with Gasteiger partial charge in [0.15, 0.2) is 0 Å². The van der Waals surface area contributed by atoms with Gasteiger partial charge in [-0.1, -0.05) is 13.3 Å². The van der Waals surface area contributed by atoms with E-state index >= 15 is 0 Å². The third kappa shape index (κ3) is 4.53. The second-order valence-electron chi connectivity index (χ2n) is 6.63. The van der Waals surface area contributed by atoms with Crippen LogP contribution in [0.25, 0.3) is 0 Å². The summed E-state index contributed by atoms with van der Waals surface area (Å²) in [6, 6.07) is 0. The lowest BCUT2D eigenvalue weighted by Crippen LogP contribution is -2.35. The summed E-state index contributed by atoms with van der Waals surface area (Å²) in [7, 11) is 0. The Morgan fingerprint density at radius 1 is 1.37 bits per heavy atom. The van der Waals surface area contributed by atoms with E-state index in [9.17, 15) is 0 Å². The standard InChI is InChI=1S/C15H26N2O2/c1-11-7-5-6-8-13(11)19-14-17-12(10-18-14)9-16-15(2,3)4/h10-11,13,16H,5-9H2,1-4H3. The summed E-state index contributed by atoms with van der Waals surface area (Å²) in [5, 5.41) is 3.39. The number of rotatable bonds is 4. The first-order chi connectivity index (χ1) is 8.94. The van der Waals surface area contributed by atoms with Crippen molar-refractivity contribution in [2.45, 2.75) is 71.6 Å². The van der Waals surface area contributed by atoms with E-state index in [1.54, 1.807) is 6.26 Å². The molecule has 19 heavy (non-hydrogen) atoms. The van der Waals surface area contributed by atoms with Crippen molar-refractivity contribution in [2.24, 2.45) is 5.92 Å². The largest absolute Gasteiger partial charge is 0.447 e. The van der Waals surface area contributed by atoms with E-state index in [1.807, 2.05) is 0 Å². The highest BCUT2D eigenvalue weighted by atomic mass is 16.6. The van der Waals surface area contributed by atoms with Crippen LogP contribution in [0.15, 0.2) is 10.7 Å². The monoisotopic (exact) mass is 266 g/mol. The topological polar surface area (TPSA) is 47.3 Å². The van der Waals surface area contributed by atoms with Crippen LogP contribution in [0, 0.1) is 5.92 Å². The summed E-state index contributed by atoms with van der Waals surface area (Å²) in [5.74, 6) is 0.594. The molecule has 1 aromatic rings. The smallest absolute Gasteiger partial charge is 0.394 e. The number of hydrogen-bond donors (Lipinski definition) is 1. The molecule has 2 rings (SSSR count). The number of aromatic nitrogens is 1. The van der Waals surface area contributed by atoms with Crippen molar-refractivity contribution in [2.75, 3.05) is 0 Å². The summed E-state index contributed by atoms with van der Waals surface area (Å²) in [6.07, 6.45) is 7.27. The van der Waals surface area contributed by atoms with E-state index in [0.29, 0.717) is 18.5 Å². The zero-order chi connectivity index (χ0) is 13.9. The Hall–Kier alpha value is -1.03. The number of hydrogen-bond acceptors (Lipinski definition) is 4. The highest BCUT2D eigenvalue weighted by Gasteiger charge is 2.24. The number of oxazole rings is 1. The molecule has 1 heterocycles. The maximum atomic E-state index is 5.87. The molecule has 1 aliphatic rings. The van der Waals surface area contributed by atoms with Crippen molar-refractivity contribution < 1.29 is 9.15 Å². The van der Waals surface area contributed by atoms with Gasteiger partial charge >= 0.3 is 6.08 Å². The first kappa shape index (κ1) is 14.4. The minimum Gasteiger partial charge on any atom is -0.447 e. The van der Waals surface area contributed by atoms with E-state index < -0.39 is 0 Å². The molecule has 1 aromatic heterocycles. The van der Waals surface area contributed by atoms with Crippen LogP contribution in [0.1, 0.15) is 59.1 Å². The third-order valence-electron chi connectivity index (χ3n) is 3.62. The third-order valence-corrected chi connectivity index (χ3v) is 3.62. The Morgan fingerprint density at radius 3 is 2.79 bits per heavy atom. The zero-order valence-corrected chi connectivity index (χ0v) is 12.5. The lowest BCUT2D eigenvalue weighted by Gasteiger charge is -2.27. The molecule has 2 unspecified atom stereocenters. The Kier molecular flexibility index (Phi) is 4.50. The minimum absolute atomic E-state index is 0.0812. The van der Waals surface area contributed by atoms with Gasteiger partial charge in [0.1, 0.15) is 12.4 Å². The zero-order valence-electron chi connectivity index (χ0n) is 12.5. The van der Waals surface area contributed by atoms with E-state index in [1.165, 1.54) is 19.3 Å². The second-order valence-corrected chi connectivity index (χ2v) is 6.63. The maximum Gasteiger partial charge on any atom is 0.394 e. The Balaban J connectivity index is 1.86. The van der Waals surface area contributed by atoms with Crippen LogP contribution in [0.5, 0.6) is 6.08 Å². The molecule has 1 aliphatic carbocycles. The molecule has 4 heteroatoms. The summed E-state index contributed by atoms with van der Waals surface area (Å²) >= 11 is 0. The highest BCUT2D eigenvalue weighted by molar-refractivity contribution is 5.01. The molecule has 4 nitrogen and oxygen atoms in total. The van der Waals surface area contributed by atoms with Crippen molar-refractivity contribution in [3.63, 3.8) is 0 Å². The molecule has 108 valence electrons. The molecule has 0 bridgehead atoms. The number of nitrogens with zero attached hydrogens (tertiary/aromatic N) is 1. The lowest BCUT2D eigenvalue weighted by atomic mass is 9.88. The lowest BCUT2D eigenvalue weighted by molar-refractivity contribution is 0.0707.